The first-order chi connectivity index (χ1) is 9.15. The molecule has 0 fully saturated rings. The van der Waals surface area contributed by atoms with Crippen LogP contribution in [0.3, 0.4) is 0 Å². The van der Waals surface area contributed by atoms with Crippen LogP contribution >= 0.6 is 11.8 Å². The van der Waals surface area contributed by atoms with Gasteiger partial charge in [0, 0.05) is 36.1 Å². The Hall–Kier alpha value is -1.75. The summed E-state index contributed by atoms with van der Waals surface area (Å²) in [4.78, 5) is 24.8. The minimum Gasteiger partial charge on any atom is -0.312 e. The van der Waals surface area contributed by atoms with Crippen molar-refractivity contribution in [1.29, 1.82) is 0 Å². The number of aromatic nitrogens is 2. The molecule has 1 unspecified atom stereocenters. The molecule has 0 saturated carbocycles. The molecule has 0 N–H and O–H groups in total. The van der Waals surface area contributed by atoms with Gasteiger partial charge >= 0.3 is 11.1 Å². The van der Waals surface area contributed by atoms with E-state index >= 15 is 0 Å². The highest BCUT2D eigenvalue weighted by Crippen LogP contribution is 2.37. The summed E-state index contributed by atoms with van der Waals surface area (Å²) >= 11 is 1.78. The molecule has 1 aliphatic rings. The Morgan fingerprint density at radius 1 is 1.21 bits per heavy atom. The van der Waals surface area contributed by atoms with Crippen LogP contribution in [0, 0.1) is 0 Å². The third kappa shape index (κ3) is 2.26. The van der Waals surface area contributed by atoms with E-state index in [0.717, 1.165) is 6.42 Å². The lowest BCUT2D eigenvalue weighted by Gasteiger charge is -2.11. The lowest BCUT2D eigenvalue weighted by molar-refractivity contribution is 0.615. The van der Waals surface area contributed by atoms with E-state index in [1.807, 2.05) is 12.1 Å². The second-order valence-electron chi connectivity index (χ2n) is 4.72. The SMILES string of the molecule is Cn1ccn(CC2Cc3ccccc3S2)c(=O)c1=O. The molecule has 0 aliphatic carbocycles. The summed E-state index contributed by atoms with van der Waals surface area (Å²) in [6, 6.07) is 8.28. The molecule has 3 rings (SSSR count). The average Bonchev–Trinajstić information content (AvgIpc) is 2.82. The van der Waals surface area contributed by atoms with Crippen molar-refractivity contribution in [1.82, 2.24) is 9.13 Å². The number of fused-ring (bicyclic) bond motifs is 1. The number of benzene rings is 1. The quantitative estimate of drug-likeness (QED) is 0.775. The number of hydrogen-bond donors (Lipinski definition) is 0. The lowest BCUT2D eigenvalue weighted by Crippen LogP contribution is -2.40. The van der Waals surface area contributed by atoms with Crippen molar-refractivity contribution >= 4 is 11.8 Å². The third-order valence-electron chi connectivity index (χ3n) is 3.35. The summed E-state index contributed by atoms with van der Waals surface area (Å²) in [6.45, 7) is 0.578. The zero-order valence-corrected chi connectivity index (χ0v) is 11.4. The summed E-state index contributed by atoms with van der Waals surface area (Å²) in [5.74, 6) is 0. The Morgan fingerprint density at radius 3 is 2.79 bits per heavy atom. The van der Waals surface area contributed by atoms with E-state index in [4.69, 9.17) is 0 Å². The fourth-order valence-corrected chi connectivity index (χ4v) is 3.63. The minimum atomic E-state index is -0.469. The van der Waals surface area contributed by atoms with Gasteiger partial charge in [0.25, 0.3) is 0 Å². The molecule has 19 heavy (non-hydrogen) atoms. The van der Waals surface area contributed by atoms with Crippen molar-refractivity contribution < 1.29 is 0 Å². The first-order valence-corrected chi connectivity index (χ1v) is 7.04. The Labute approximate surface area is 114 Å². The van der Waals surface area contributed by atoms with E-state index in [9.17, 15) is 9.59 Å². The molecule has 1 aromatic carbocycles. The molecule has 2 aromatic rings. The van der Waals surface area contributed by atoms with Crippen molar-refractivity contribution in [2.24, 2.45) is 7.05 Å². The van der Waals surface area contributed by atoms with Gasteiger partial charge in [-0.3, -0.25) is 9.59 Å². The first kappa shape index (κ1) is 12.3. The fraction of sp³-hybridized carbons (Fsp3) is 0.286. The van der Waals surface area contributed by atoms with Gasteiger partial charge in [0.2, 0.25) is 0 Å². The predicted octanol–water partition coefficient (Wildman–Crippen LogP) is 1.26. The molecule has 5 heteroatoms. The number of rotatable bonds is 2. The topological polar surface area (TPSA) is 44.0 Å². The third-order valence-corrected chi connectivity index (χ3v) is 4.65. The molecule has 98 valence electrons. The van der Waals surface area contributed by atoms with Crippen LogP contribution in [0.15, 0.2) is 51.1 Å². The van der Waals surface area contributed by atoms with E-state index in [1.54, 1.807) is 31.2 Å². The summed E-state index contributed by atoms with van der Waals surface area (Å²) in [6.07, 6.45) is 4.27. The Bertz CT molecular complexity index is 708. The molecule has 1 aliphatic heterocycles. The van der Waals surface area contributed by atoms with Gasteiger partial charge < -0.3 is 9.13 Å². The molecule has 0 spiro atoms. The number of nitrogens with zero attached hydrogens (tertiary/aromatic N) is 2. The predicted molar refractivity (Wildman–Crippen MR) is 75.7 cm³/mol. The second kappa shape index (κ2) is 4.74. The lowest BCUT2D eigenvalue weighted by atomic mass is 10.1. The minimum absolute atomic E-state index is 0.321. The summed E-state index contributed by atoms with van der Waals surface area (Å²) in [7, 11) is 1.59. The smallest absolute Gasteiger partial charge is 0.312 e. The fourth-order valence-electron chi connectivity index (χ4n) is 2.31. The molecular weight excluding hydrogens is 260 g/mol. The average molecular weight is 274 g/mol. The van der Waals surface area contributed by atoms with Gasteiger partial charge in [0.1, 0.15) is 0 Å². The molecule has 4 nitrogen and oxygen atoms in total. The maximum absolute atomic E-state index is 11.9. The second-order valence-corrected chi connectivity index (χ2v) is 6.07. The highest BCUT2D eigenvalue weighted by atomic mass is 32.2. The van der Waals surface area contributed by atoms with Gasteiger partial charge in [0.15, 0.2) is 0 Å². The highest BCUT2D eigenvalue weighted by Gasteiger charge is 2.22. The van der Waals surface area contributed by atoms with Gasteiger partial charge in [-0.1, -0.05) is 18.2 Å². The molecule has 1 aromatic heterocycles. The zero-order chi connectivity index (χ0) is 13.4. The van der Waals surface area contributed by atoms with Crippen LogP contribution < -0.4 is 11.1 Å². The van der Waals surface area contributed by atoms with Gasteiger partial charge in [0.05, 0.1) is 0 Å². The van der Waals surface area contributed by atoms with Crippen molar-refractivity contribution in [3.8, 4) is 0 Å². The number of hydrogen-bond acceptors (Lipinski definition) is 3. The molecule has 2 heterocycles. The van der Waals surface area contributed by atoms with Gasteiger partial charge in [-0.15, -0.1) is 11.8 Å². The van der Waals surface area contributed by atoms with Crippen molar-refractivity contribution in [3.63, 3.8) is 0 Å². The number of thioether (sulfide) groups is 1. The van der Waals surface area contributed by atoms with Crippen molar-refractivity contribution in [2.75, 3.05) is 0 Å². The van der Waals surface area contributed by atoms with Crippen LogP contribution in [0.2, 0.25) is 0 Å². The van der Waals surface area contributed by atoms with E-state index in [-0.39, 0.29) is 0 Å². The van der Waals surface area contributed by atoms with Crippen molar-refractivity contribution in [2.45, 2.75) is 23.1 Å². The van der Waals surface area contributed by atoms with Crippen LogP contribution in [0.25, 0.3) is 0 Å². The maximum Gasteiger partial charge on any atom is 0.316 e. The van der Waals surface area contributed by atoms with E-state index in [1.165, 1.54) is 19.6 Å². The van der Waals surface area contributed by atoms with Crippen molar-refractivity contribution in [3.05, 3.63) is 62.9 Å². The summed E-state index contributed by atoms with van der Waals surface area (Å²) in [5.41, 5.74) is 0.416. The Morgan fingerprint density at radius 2 is 2.00 bits per heavy atom. The Balaban J connectivity index is 1.84. The number of aryl methyl sites for hydroxylation is 1. The first-order valence-electron chi connectivity index (χ1n) is 6.16. The standard InChI is InChI=1S/C14H14N2O2S/c1-15-6-7-16(14(18)13(15)17)9-11-8-10-4-2-3-5-12(10)19-11/h2-7,11H,8-9H2,1H3. The van der Waals surface area contributed by atoms with Crippen LogP contribution in [0.4, 0.5) is 0 Å². The van der Waals surface area contributed by atoms with E-state index in [2.05, 4.69) is 12.1 Å². The van der Waals surface area contributed by atoms with Crippen LogP contribution in [0.1, 0.15) is 5.56 Å². The van der Waals surface area contributed by atoms with Crippen LogP contribution in [-0.4, -0.2) is 14.4 Å². The Kier molecular flexibility index (Phi) is 3.06. The van der Waals surface area contributed by atoms with Gasteiger partial charge in [-0.25, -0.2) is 0 Å². The van der Waals surface area contributed by atoms with Gasteiger partial charge in [-0.2, -0.15) is 0 Å². The molecule has 0 bridgehead atoms. The largest absolute Gasteiger partial charge is 0.316 e. The molecule has 1 atom stereocenters. The monoisotopic (exact) mass is 274 g/mol. The van der Waals surface area contributed by atoms with Crippen LogP contribution in [-0.2, 0) is 20.0 Å². The van der Waals surface area contributed by atoms with E-state index < -0.39 is 11.1 Å². The summed E-state index contributed by atoms with van der Waals surface area (Å²) in [5, 5.41) is 0.321. The van der Waals surface area contributed by atoms with E-state index in [0.29, 0.717) is 11.8 Å². The molecule has 0 saturated heterocycles. The molecule has 0 radical (unpaired) electrons. The maximum atomic E-state index is 11.9. The summed E-state index contributed by atoms with van der Waals surface area (Å²) < 4.78 is 2.83. The highest BCUT2D eigenvalue weighted by molar-refractivity contribution is 8.00. The zero-order valence-electron chi connectivity index (χ0n) is 10.6. The molecule has 0 amide bonds. The molecular formula is C14H14N2O2S. The normalized spacial score (nSPS) is 17.4. The van der Waals surface area contributed by atoms with Crippen LogP contribution in [0.5, 0.6) is 0 Å². The van der Waals surface area contributed by atoms with Gasteiger partial charge in [-0.05, 0) is 18.1 Å².